The van der Waals surface area contributed by atoms with E-state index in [0.717, 1.165) is 30.0 Å². The molecule has 0 aliphatic heterocycles. The molecule has 0 radical (unpaired) electrons. The SMILES string of the molecule is COC(=O)c1ccc(C(=O)Nc2ccc(CCN(C)C)cc2)s1. The molecule has 5 nitrogen and oxygen atoms in total. The fourth-order valence-electron chi connectivity index (χ4n) is 1.97. The molecule has 0 atom stereocenters. The summed E-state index contributed by atoms with van der Waals surface area (Å²) < 4.78 is 4.64. The van der Waals surface area contributed by atoms with Gasteiger partial charge in [-0.25, -0.2) is 4.79 Å². The monoisotopic (exact) mass is 332 g/mol. The maximum Gasteiger partial charge on any atom is 0.348 e. The third-order valence-corrected chi connectivity index (χ3v) is 4.34. The predicted octanol–water partition coefficient (Wildman–Crippen LogP) is 2.89. The highest BCUT2D eigenvalue weighted by Crippen LogP contribution is 2.19. The first-order valence-electron chi connectivity index (χ1n) is 7.23. The van der Waals surface area contributed by atoms with Crippen LogP contribution in [0.15, 0.2) is 36.4 Å². The van der Waals surface area contributed by atoms with Crippen LogP contribution < -0.4 is 5.32 Å². The lowest BCUT2D eigenvalue weighted by Crippen LogP contribution is -2.15. The quantitative estimate of drug-likeness (QED) is 0.827. The number of hydrogen-bond acceptors (Lipinski definition) is 5. The molecule has 0 spiro atoms. The fourth-order valence-corrected chi connectivity index (χ4v) is 2.79. The molecule has 1 heterocycles. The second-order valence-corrected chi connectivity index (χ2v) is 6.44. The van der Waals surface area contributed by atoms with Gasteiger partial charge in [-0.3, -0.25) is 4.79 Å². The molecule has 0 bridgehead atoms. The number of nitrogens with one attached hydrogen (secondary N) is 1. The molecule has 0 saturated heterocycles. The van der Waals surface area contributed by atoms with Gasteiger partial charge in [-0.05, 0) is 50.3 Å². The van der Waals surface area contributed by atoms with E-state index in [4.69, 9.17) is 0 Å². The van der Waals surface area contributed by atoms with E-state index >= 15 is 0 Å². The van der Waals surface area contributed by atoms with E-state index in [0.29, 0.717) is 9.75 Å². The maximum absolute atomic E-state index is 12.2. The standard InChI is InChI=1S/C17H20N2O3S/c1-19(2)11-10-12-4-6-13(7-5-12)18-16(20)14-8-9-15(23-14)17(21)22-3/h4-9H,10-11H2,1-3H3,(H,18,20). The summed E-state index contributed by atoms with van der Waals surface area (Å²) in [6, 6.07) is 11.0. The zero-order chi connectivity index (χ0) is 16.8. The van der Waals surface area contributed by atoms with Crippen molar-refractivity contribution in [2.45, 2.75) is 6.42 Å². The number of methoxy groups -OCH3 is 1. The van der Waals surface area contributed by atoms with Gasteiger partial charge < -0.3 is 15.0 Å². The van der Waals surface area contributed by atoms with Crippen molar-refractivity contribution in [3.8, 4) is 0 Å². The van der Waals surface area contributed by atoms with Gasteiger partial charge in [-0.2, -0.15) is 0 Å². The van der Waals surface area contributed by atoms with Gasteiger partial charge in [0.25, 0.3) is 5.91 Å². The normalized spacial score (nSPS) is 10.6. The molecule has 0 aliphatic rings. The second-order valence-electron chi connectivity index (χ2n) is 5.36. The van der Waals surface area contributed by atoms with Gasteiger partial charge in [0, 0.05) is 12.2 Å². The van der Waals surface area contributed by atoms with E-state index in [1.165, 1.54) is 12.7 Å². The Hall–Kier alpha value is -2.18. The average Bonchev–Trinajstić information content (AvgIpc) is 3.03. The van der Waals surface area contributed by atoms with Crippen molar-refractivity contribution in [2.75, 3.05) is 33.1 Å². The van der Waals surface area contributed by atoms with Gasteiger partial charge >= 0.3 is 5.97 Å². The lowest BCUT2D eigenvalue weighted by molar-refractivity contribution is 0.0606. The number of hydrogen-bond donors (Lipinski definition) is 1. The molecule has 122 valence electrons. The Morgan fingerprint density at radius 3 is 2.35 bits per heavy atom. The molecular weight excluding hydrogens is 312 g/mol. The number of likely N-dealkylation sites (N-methyl/N-ethyl adjacent to an activating group) is 1. The number of carbonyl (C=O) groups excluding carboxylic acids is 2. The Bertz CT molecular complexity index is 677. The molecule has 2 rings (SSSR count). The van der Waals surface area contributed by atoms with Gasteiger partial charge in [-0.1, -0.05) is 12.1 Å². The third kappa shape index (κ3) is 4.91. The summed E-state index contributed by atoms with van der Waals surface area (Å²) in [4.78, 5) is 26.6. The summed E-state index contributed by atoms with van der Waals surface area (Å²) in [5, 5.41) is 2.83. The molecule has 0 saturated carbocycles. The highest BCUT2D eigenvalue weighted by Gasteiger charge is 2.14. The summed E-state index contributed by atoms with van der Waals surface area (Å²) in [5.74, 6) is -0.662. The number of esters is 1. The van der Waals surface area contributed by atoms with Crippen molar-refractivity contribution in [3.63, 3.8) is 0 Å². The first-order valence-corrected chi connectivity index (χ1v) is 8.04. The third-order valence-electron chi connectivity index (χ3n) is 3.28. The summed E-state index contributed by atoms with van der Waals surface area (Å²) in [7, 11) is 5.40. The highest BCUT2D eigenvalue weighted by atomic mass is 32.1. The molecule has 1 aromatic heterocycles. The first kappa shape index (κ1) is 17.2. The van der Waals surface area contributed by atoms with Crippen molar-refractivity contribution in [1.82, 2.24) is 4.90 Å². The van der Waals surface area contributed by atoms with E-state index in [1.807, 2.05) is 38.4 Å². The van der Waals surface area contributed by atoms with E-state index in [1.54, 1.807) is 12.1 Å². The number of thiophene rings is 1. The van der Waals surface area contributed by atoms with Crippen LogP contribution in [0.1, 0.15) is 24.9 Å². The number of nitrogens with zero attached hydrogens (tertiary/aromatic N) is 1. The minimum absolute atomic E-state index is 0.230. The van der Waals surface area contributed by atoms with Crippen LogP contribution in [0.25, 0.3) is 0 Å². The predicted molar refractivity (Wildman–Crippen MR) is 92.3 cm³/mol. The Balaban J connectivity index is 1.97. The summed E-state index contributed by atoms with van der Waals surface area (Å²) >= 11 is 1.12. The Morgan fingerprint density at radius 1 is 1.09 bits per heavy atom. The van der Waals surface area contributed by atoms with Crippen molar-refractivity contribution >= 4 is 28.9 Å². The molecule has 23 heavy (non-hydrogen) atoms. The second kappa shape index (κ2) is 7.89. The zero-order valence-corrected chi connectivity index (χ0v) is 14.3. The van der Waals surface area contributed by atoms with Crippen molar-refractivity contribution in [3.05, 3.63) is 51.7 Å². The molecular formula is C17H20N2O3S. The number of amides is 1. The largest absolute Gasteiger partial charge is 0.465 e. The number of anilines is 1. The number of benzene rings is 1. The average molecular weight is 332 g/mol. The summed E-state index contributed by atoms with van der Waals surface area (Å²) in [5.41, 5.74) is 1.96. The molecule has 6 heteroatoms. The Morgan fingerprint density at radius 2 is 1.74 bits per heavy atom. The molecule has 0 unspecified atom stereocenters. The fraction of sp³-hybridized carbons (Fsp3) is 0.294. The van der Waals surface area contributed by atoms with Gasteiger partial charge in [0.2, 0.25) is 0 Å². The van der Waals surface area contributed by atoms with Gasteiger partial charge in [0.05, 0.1) is 12.0 Å². The van der Waals surface area contributed by atoms with E-state index in [2.05, 4.69) is 15.0 Å². The van der Waals surface area contributed by atoms with Gasteiger partial charge in [-0.15, -0.1) is 11.3 Å². The van der Waals surface area contributed by atoms with Gasteiger partial charge in [0.1, 0.15) is 4.88 Å². The van der Waals surface area contributed by atoms with Crippen LogP contribution in [0.3, 0.4) is 0 Å². The van der Waals surface area contributed by atoms with Crippen LogP contribution in [0.2, 0.25) is 0 Å². The number of carbonyl (C=O) groups is 2. The summed E-state index contributed by atoms with van der Waals surface area (Å²) in [6.45, 7) is 0.983. The van der Waals surface area contributed by atoms with E-state index < -0.39 is 5.97 Å². The van der Waals surface area contributed by atoms with Crippen LogP contribution in [-0.4, -0.2) is 44.5 Å². The van der Waals surface area contributed by atoms with Gasteiger partial charge in [0.15, 0.2) is 0 Å². The minimum atomic E-state index is -0.431. The van der Waals surface area contributed by atoms with Crippen LogP contribution in [0, 0.1) is 0 Å². The topological polar surface area (TPSA) is 58.6 Å². The lowest BCUT2D eigenvalue weighted by Gasteiger charge is -2.10. The van der Waals surface area contributed by atoms with Crippen LogP contribution in [0.4, 0.5) is 5.69 Å². The smallest absolute Gasteiger partial charge is 0.348 e. The highest BCUT2D eigenvalue weighted by molar-refractivity contribution is 7.16. The summed E-state index contributed by atoms with van der Waals surface area (Å²) in [6.07, 6.45) is 0.967. The lowest BCUT2D eigenvalue weighted by atomic mass is 10.1. The molecule has 0 aliphatic carbocycles. The first-order chi connectivity index (χ1) is 11.0. The number of ether oxygens (including phenoxy) is 1. The van der Waals surface area contributed by atoms with Crippen molar-refractivity contribution in [1.29, 1.82) is 0 Å². The molecule has 2 aromatic rings. The van der Waals surface area contributed by atoms with Crippen molar-refractivity contribution in [2.24, 2.45) is 0 Å². The van der Waals surface area contributed by atoms with Crippen molar-refractivity contribution < 1.29 is 14.3 Å². The molecule has 1 N–H and O–H groups in total. The minimum Gasteiger partial charge on any atom is -0.465 e. The van der Waals surface area contributed by atoms with E-state index in [-0.39, 0.29) is 5.91 Å². The Labute approximate surface area is 139 Å². The van der Waals surface area contributed by atoms with E-state index in [9.17, 15) is 9.59 Å². The molecule has 1 amide bonds. The zero-order valence-electron chi connectivity index (χ0n) is 13.5. The van der Waals surface area contributed by atoms with Crippen LogP contribution in [-0.2, 0) is 11.2 Å². The Kier molecular flexibility index (Phi) is 5.90. The number of rotatable bonds is 6. The maximum atomic E-state index is 12.2. The molecule has 0 fully saturated rings. The molecule has 1 aromatic carbocycles. The van der Waals surface area contributed by atoms with Crippen LogP contribution >= 0.6 is 11.3 Å². The van der Waals surface area contributed by atoms with Crippen LogP contribution in [0.5, 0.6) is 0 Å².